The van der Waals surface area contributed by atoms with Crippen LogP contribution >= 0.6 is 0 Å². The summed E-state index contributed by atoms with van der Waals surface area (Å²) in [6, 6.07) is 82.0. The molecule has 5 heteroatoms. The summed E-state index contributed by atoms with van der Waals surface area (Å²) in [5.41, 5.74) is 31.0. The van der Waals surface area contributed by atoms with Crippen LogP contribution in [-0.4, -0.2) is 23.7 Å². The molecule has 5 nitrogen and oxygen atoms in total. The van der Waals surface area contributed by atoms with Crippen molar-refractivity contribution in [3.63, 3.8) is 0 Å². The van der Waals surface area contributed by atoms with E-state index in [0.717, 1.165) is 53.7 Å². The van der Waals surface area contributed by atoms with Gasteiger partial charge < -0.3 is 9.13 Å². The lowest BCUT2D eigenvalue weighted by molar-refractivity contribution is 0.659. The first-order chi connectivity index (χ1) is 41.7. The number of para-hydroxylation sites is 2. The van der Waals surface area contributed by atoms with Crippen molar-refractivity contribution in [2.75, 3.05) is 0 Å². The van der Waals surface area contributed by atoms with E-state index in [1.807, 2.05) is 0 Å². The Bertz CT molecular complexity index is 5300. The van der Waals surface area contributed by atoms with Gasteiger partial charge in [-0.15, -0.1) is 0 Å². The van der Waals surface area contributed by atoms with Gasteiger partial charge in [-0.25, -0.2) is 9.97 Å². The monoisotopic (exact) mass is 1090 g/mol. The zero-order valence-corrected chi connectivity index (χ0v) is 48.1. The summed E-state index contributed by atoms with van der Waals surface area (Å²) in [6.07, 6.45) is 10.7. The molecule has 10 aromatic carbocycles. The fraction of sp³-hybridized carbons (Fsp3) is 0.125. The van der Waals surface area contributed by atoms with Crippen molar-refractivity contribution < 1.29 is 0 Å². The van der Waals surface area contributed by atoms with Crippen LogP contribution in [0.25, 0.3) is 134 Å². The van der Waals surface area contributed by atoms with Gasteiger partial charge >= 0.3 is 0 Å². The van der Waals surface area contributed by atoms with E-state index in [-0.39, 0.29) is 10.8 Å². The average Bonchev–Trinajstić information content (AvgIpc) is 2.14. The number of allylic oxidation sites excluding steroid dienone is 2. The highest BCUT2D eigenvalue weighted by molar-refractivity contribution is 6.12. The Morgan fingerprint density at radius 3 is 1.56 bits per heavy atom. The van der Waals surface area contributed by atoms with Gasteiger partial charge in [0.1, 0.15) is 0 Å². The quantitative estimate of drug-likeness (QED) is 0.166. The number of nitrogens with zero attached hydrogens (tertiary/aromatic N) is 5. The molecule has 85 heavy (non-hydrogen) atoms. The third kappa shape index (κ3) is 6.92. The molecule has 4 aliphatic rings. The number of benzene rings is 10. The summed E-state index contributed by atoms with van der Waals surface area (Å²) in [4.78, 5) is 10.7. The second kappa shape index (κ2) is 17.7. The summed E-state index contributed by atoms with van der Waals surface area (Å²) < 4.78 is 7.35. The van der Waals surface area contributed by atoms with Crippen LogP contribution in [0.1, 0.15) is 90.9 Å². The molecule has 4 aliphatic carbocycles. The first-order valence-electron chi connectivity index (χ1n) is 30.2. The minimum absolute atomic E-state index is 0.0939. The van der Waals surface area contributed by atoms with E-state index < -0.39 is 0 Å². The summed E-state index contributed by atoms with van der Waals surface area (Å²) in [5.74, 6) is 0.701. The van der Waals surface area contributed by atoms with E-state index in [1.165, 1.54) is 138 Å². The highest BCUT2D eigenvalue weighted by Crippen LogP contribution is 2.52. The first kappa shape index (κ1) is 48.4. The molecule has 14 aromatic rings. The number of aromatic nitrogens is 5. The molecule has 0 saturated heterocycles. The van der Waals surface area contributed by atoms with Crippen LogP contribution in [0.4, 0.5) is 0 Å². The van der Waals surface area contributed by atoms with Gasteiger partial charge in [0, 0.05) is 71.5 Å². The van der Waals surface area contributed by atoms with Crippen molar-refractivity contribution in [3.8, 4) is 62.0 Å². The van der Waals surface area contributed by atoms with E-state index in [9.17, 15) is 0 Å². The Hall–Kier alpha value is -10.1. The highest BCUT2D eigenvalue weighted by Gasteiger charge is 2.37. The van der Waals surface area contributed by atoms with Gasteiger partial charge in [-0.2, -0.15) is 0 Å². The molecule has 0 aliphatic heterocycles. The Kier molecular flexibility index (Phi) is 10.1. The molecule has 0 saturated carbocycles. The summed E-state index contributed by atoms with van der Waals surface area (Å²) in [6.45, 7) is 9.52. The lowest BCUT2D eigenvalue weighted by atomic mass is 9.82. The van der Waals surface area contributed by atoms with E-state index in [0.29, 0.717) is 5.95 Å². The van der Waals surface area contributed by atoms with Crippen molar-refractivity contribution in [1.29, 1.82) is 0 Å². The molecule has 0 N–H and O–H groups in total. The smallest absolute Gasteiger partial charge is 0.235 e. The van der Waals surface area contributed by atoms with Crippen LogP contribution in [-0.2, 0) is 23.7 Å². The molecule has 0 unspecified atom stereocenters. The van der Waals surface area contributed by atoms with Crippen LogP contribution < -0.4 is 0 Å². The van der Waals surface area contributed by atoms with E-state index >= 15 is 0 Å². The number of rotatable bonds is 6. The molecular formula is C80H59N5. The molecule has 0 fully saturated rings. The fourth-order valence-electron chi connectivity index (χ4n) is 15.7. The van der Waals surface area contributed by atoms with Gasteiger partial charge in [0.15, 0.2) is 0 Å². The zero-order chi connectivity index (χ0) is 56.4. The maximum atomic E-state index is 5.42. The van der Waals surface area contributed by atoms with Crippen LogP contribution in [0.2, 0.25) is 0 Å². The van der Waals surface area contributed by atoms with Crippen molar-refractivity contribution in [1.82, 2.24) is 23.7 Å². The maximum absolute atomic E-state index is 5.42. The minimum atomic E-state index is -0.120. The Balaban J connectivity index is 0.794. The van der Waals surface area contributed by atoms with Crippen molar-refractivity contribution >= 4 is 72.2 Å². The van der Waals surface area contributed by atoms with Gasteiger partial charge in [-0.1, -0.05) is 179 Å². The van der Waals surface area contributed by atoms with Crippen LogP contribution in [0.3, 0.4) is 0 Å². The second-order valence-electron chi connectivity index (χ2n) is 25.1. The SMILES string of the molecule is CC1(C)c2ccccc2-c2ccc(-n3c4c(c5cc(-c6ccc7c(c6)c6ccccc6n7-c6ccc7c(c6)C(C)(C)c6ccccc6-7)ccc53)C=C(c3ccc5c(c3)c3ccccc3n5-c3nc5c(c(-c6ccccc6)n3)CCC=C5)CC4)cc21. The summed E-state index contributed by atoms with van der Waals surface area (Å²) in [5, 5.41) is 6.17. The van der Waals surface area contributed by atoms with Crippen LogP contribution in [0.15, 0.2) is 224 Å². The van der Waals surface area contributed by atoms with E-state index in [2.05, 4.69) is 278 Å². The Morgan fingerprint density at radius 1 is 0.376 bits per heavy atom. The molecule has 18 rings (SSSR count). The van der Waals surface area contributed by atoms with Crippen molar-refractivity contribution in [2.45, 2.75) is 64.2 Å². The molecule has 4 aromatic heterocycles. The zero-order valence-electron chi connectivity index (χ0n) is 48.1. The van der Waals surface area contributed by atoms with Crippen molar-refractivity contribution in [3.05, 3.63) is 275 Å². The summed E-state index contributed by atoms with van der Waals surface area (Å²) in [7, 11) is 0. The maximum Gasteiger partial charge on any atom is 0.235 e. The molecule has 0 bridgehead atoms. The third-order valence-corrected chi connectivity index (χ3v) is 19.9. The molecule has 0 spiro atoms. The largest absolute Gasteiger partial charge is 0.313 e. The molecular weight excluding hydrogens is 1030 g/mol. The second-order valence-corrected chi connectivity index (χ2v) is 25.1. The lowest BCUT2D eigenvalue weighted by Crippen LogP contribution is -2.15. The Morgan fingerprint density at radius 2 is 0.894 bits per heavy atom. The van der Waals surface area contributed by atoms with E-state index in [4.69, 9.17) is 9.97 Å². The number of fused-ring (bicyclic) bond motifs is 16. The fourth-order valence-corrected chi connectivity index (χ4v) is 15.7. The van der Waals surface area contributed by atoms with Gasteiger partial charge in [-0.3, -0.25) is 4.57 Å². The topological polar surface area (TPSA) is 40.6 Å². The number of hydrogen-bond donors (Lipinski definition) is 0. The van der Waals surface area contributed by atoms with E-state index in [1.54, 1.807) is 0 Å². The highest BCUT2D eigenvalue weighted by atomic mass is 15.2. The predicted molar refractivity (Wildman–Crippen MR) is 354 cm³/mol. The molecule has 0 radical (unpaired) electrons. The average molecular weight is 1090 g/mol. The van der Waals surface area contributed by atoms with Gasteiger partial charge in [0.25, 0.3) is 0 Å². The normalized spacial score (nSPS) is 15.1. The molecule has 0 atom stereocenters. The molecule has 4 heterocycles. The van der Waals surface area contributed by atoms with Gasteiger partial charge in [0.2, 0.25) is 5.95 Å². The van der Waals surface area contributed by atoms with Crippen LogP contribution in [0, 0.1) is 0 Å². The van der Waals surface area contributed by atoms with Crippen molar-refractivity contribution in [2.24, 2.45) is 0 Å². The first-order valence-corrected chi connectivity index (χ1v) is 30.2. The van der Waals surface area contributed by atoms with Gasteiger partial charge in [0.05, 0.1) is 39.0 Å². The number of hydrogen-bond acceptors (Lipinski definition) is 2. The minimum Gasteiger partial charge on any atom is -0.313 e. The summed E-state index contributed by atoms with van der Waals surface area (Å²) >= 11 is 0. The Labute approximate surface area is 494 Å². The third-order valence-electron chi connectivity index (χ3n) is 19.9. The van der Waals surface area contributed by atoms with Crippen LogP contribution in [0.5, 0.6) is 0 Å². The standard InChI is InChI=1S/C80H59N5/c1-79(2)66-25-13-8-20-55(66)57-36-34-53(46-68(57)79)83-71-28-16-11-22-59(71)62-42-49(30-38-73(62)83)51-31-39-74-64(44-51)65-45-52(32-40-75(65)84(74)54-35-37-58-56-21-9-14-26-67(56)80(3,4)69(58)47-54)50-33-41-76-63(43-50)60-23-12-17-29-72(60)85(76)78-81-70-27-15-10-24-61(70)77(82-78)48-18-6-5-7-19-48/h5-9,11-23,25-31,33-39,41-47H,10,24,32,40H2,1-4H3. The lowest BCUT2D eigenvalue weighted by Gasteiger charge is -2.23. The van der Waals surface area contributed by atoms with Gasteiger partial charge in [-0.05, 0) is 177 Å². The predicted octanol–water partition coefficient (Wildman–Crippen LogP) is 20.0. The molecule has 0 amide bonds. The molecule has 404 valence electrons.